The quantitative estimate of drug-likeness (QED) is 0.0525. The first-order valence-electron chi connectivity index (χ1n) is 21.1. The molecule has 0 aliphatic heterocycles. The van der Waals surface area contributed by atoms with Crippen molar-refractivity contribution in [1.29, 1.82) is 0 Å². The van der Waals surface area contributed by atoms with Crippen molar-refractivity contribution in [3.05, 3.63) is 193 Å². The number of halogens is 30. The van der Waals surface area contributed by atoms with Gasteiger partial charge in [0, 0.05) is 0 Å². The van der Waals surface area contributed by atoms with Crippen LogP contribution in [0.2, 0.25) is 0 Å². The van der Waals surface area contributed by atoms with Gasteiger partial charge in [0.05, 0.1) is 69.1 Å². The number of nitrogens with zero attached hydrogens (tertiary/aromatic N) is 6. The molecule has 9 aromatic rings. The first-order valence-corrected chi connectivity index (χ1v) is 21.1. The maximum atomic E-state index is 15.7. The van der Waals surface area contributed by atoms with Gasteiger partial charge in [-0.3, -0.25) is 0 Å². The molecule has 0 unspecified atom stereocenters. The van der Waals surface area contributed by atoms with Crippen molar-refractivity contribution in [3.63, 3.8) is 0 Å². The van der Waals surface area contributed by atoms with Crippen molar-refractivity contribution in [2.24, 2.45) is 0 Å². The molecule has 444 valence electrons. The van der Waals surface area contributed by atoms with E-state index in [-0.39, 0.29) is 0 Å². The zero-order chi connectivity index (χ0) is 62.9. The lowest BCUT2D eigenvalue weighted by molar-refractivity contribution is 0.0719. The molecule has 0 bridgehead atoms. The second-order valence-electron chi connectivity index (χ2n) is 16.1. The van der Waals surface area contributed by atoms with Gasteiger partial charge in [-0.1, -0.05) is 0 Å². The van der Waals surface area contributed by atoms with Gasteiger partial charge in [-0.2, -0.15) is 14.2 Å². The standard InChI is InChI=1S/C45H3BF30N6O3/c47-13-7(14(48)26(60)37(71)25(13)59)4-1-80(43(77-4)10-19(53)31(65)40(74)32(66)20(10)54)83-46(84-81-2-5(8-15(49)27(61)38(72)28(62)16(8)50)78-44(81)11-21(55)33(67)41(75)34(68)22(11)56)85-82-3-6(9-17(51)29(63)39(73)30(64)18(9)52)79-45(82)12-23(57)35(69)42(76)36(70)24(12)58/h1-3H. The second kappa shape index (κ2) is 21.2. The highest BCUT2D eigenvalue weighted by atomic mass is 19.2. The third-order valence-corrected chi connectivity index (χ3v) is 11.3. The maximum absolute atomic E-state index is 15.7. The van der Waals surface area contributed by atoms with Crippen LogP contribution in [0.5, 0.6) is 0 Å². The number of hydrogen-bond acceptors (Lipinski definition) is 6. The Balaban J connectivity index is 1.41. The highest BCUT2D eigenvalue weighted by Gasteiger charge is 2.43. The molecular formula is C45H3BF30N6O3. The van der Waals surface area contributed by atoms with E-state index in [1.54, 1.807) is 0 Å². The Morgan fingerprint density at radius 3 is 0.482 bits per heavy atom. The van der Waals surface area contributed by atoms with E-state index in [0.29, 0.717) is 0 Å². The van der Waals surface area contributed by atoms with Gasteiger partial charge >= 0.3 is 7.32 Å². The van der Waals surface area contributed by atoms with Crippen molar-refractivity contribution < 1.29 is 146 Å². The summed E-state index contributed by atoms with van der Waals surface area (Å²) in [7, 11) is -4.21. The third-order valence-electron chi connectivity index (χ3n) is 11.3. The lowest BCUT2D eigenvalue weighted by atomic mass is 10.1. The second-order valence-corrected chi connectivity index (χ2v) is 16.1. The van der Waals surface area contributed by atoms with Crippen molar-refractivity contribution in [2.75, 3.05) is 0 Å². The molecule has 3 heterocycles. The Hall–Kier alpha value is -9.69. The number of rotatable bonds is 12. The molecule has 6 aromatic carbocycles. The van der Waals surface area contributed by atoms with Crippen LogP contribution in [-0.2, 0) is 0 Å². The fraction of sp³-hybridized carbons (Fsp3) is 0. The highest BCUT2D eigenvalue weighted by molar-refractivity contribution is 6.37. The van der Waals surface area contributed by atoms with Crippen LogP contribution in [0.4, 0.5) is 132 Å². The molecule has 0 spiro atoms. The first kappa shape index (κ1) is 59.9. The molecule has 0 atom stereocenters. The number of aromatic nitrogens is 6. The van der Waals surface area contributed by atoms with Gasteiger partial charge in [0.15, 0.2) is 157 Å². The smallest absolute Gasteiger partial charge is 0.394 e. The number of imidazole rings is 3. The Labute approximate surface area is 443 Å². The summed E-state index contributed by atoms with van der Waals surface area (Å²) in [6, 6.07) is 0. The molecule has 3 aromatic heterocycles. The molecule has 40 heteroatoms. The van der Waals surface area contributed by atoms with E-state index in [2.05, 4.69) is 15.0 Å². The topological polar surface area (TPSA) is 81.1 Å². The van der Waals surface area contributed by atoms with Crippen LogP contribution in [0.3, 0.4) is 0 Å². The zero-order valence-electron chi connectivity index (χ0n) is 38.6. The molecule has 9 nitrogen and oxygen atoms in total. The van der Waals surface area contributed by atoms with Gasteiger partial charge in [0.25, 0.3) is 0 Å². The minimum atomic E-state index is -4.21. The van der Waals surface area contributed by atoms with Gasteiger partial charge in [-0.15, -0.1) is 0 Å². The van der Waals surface area contributed by atoms with Gasteiger partial charge in [-0.25, -0.2) is 147 Å². The zero-order valence-corrected chi connectivity index (χ0v) is 38.6. The van der Waals surface area contributed by atoms with Crippen molar-refractivity contribution >= 4 is 7.32 Å². The maximum Gasteiger partial charge on any atom is 0.926 e. The Kier molecular flexibility index (Phi) is 14.9. The Bertz CT molecular complexity index is 3790. The van der Waals surface area contributed by atoms with Crippen molar-refractivity contribution in [3.8, 4) is 67.9 Å². The fourth-order valence-electron chi connectivity index (χ4n) is 7.42. The number of hydrogen-bond donors (Lipinski definition) is 0. The Morgan fingerprint density at radius 2 is 0.329 bits per heavy atom. The van der Waals surface area contributed by atoms with E-state index in [1.165, 1.54) is 0 Å². The van der Waals surface area contributed by atoms with Crippen LogP contribution >= 0.6 is 0 Å². The molecule has 85 heavy (non-hydrogen) atoms. The monoisotopic (exact) mass is 1260 g/mol. The highest BCUT2D eigenvalue weighted by Crippen LogP contribution is 2.41. The molecule has 0 saturated carbocycles. The molecule has 0 aliphatic rings. The lowest BCUT2D eigenvalue weighted by Crippen LogP contribution is -2.49. The molecule has 0 aliphatic carbocycles. The van der Waals surface area contributed by atoms with Crippen LogP contribution in [0.1, 0.15) is 0 Å². The van der Waals surface area contributed by atoms with Gasteiger partial charge in [-0.05, 0) is 0 Å². The third kappa shape index (κ3) is 9.13. The van der Waals surface area contributed by atoms with Crippen LogP contribution in [0.25, 0.3) is 67.9 Å². The average molecular weight is 1260 g/mol. The van der Waals surface area contributed by atoms with Gasteiger partial charge in [0.2, 0.25) is 34.9 Å². The minimum absolute atomic E-state index is 0.538. The van der Waals surface area contributed by atoms with E-state index in [1.807, 2.05) is 0 Å². The summed E-state index contributed by atoms with van der Waals surface area (Å²) >= 11 is 0. The molecular weight excluding hydrogens is 1250 g/mol. The predicted octanol–water partition coefficient (Wildman–Crippen LogP) is 13.1. The average Bonchev–Trinajstić information content (AvgIpc) is 2.04. The van der Waals surface area contributed by atoms with Crippen LogP contribution < -0.4 is 14.3 Å². The normalized spacial score (nSPS) is 11.6. The SMILES string of the molecule is Fc1c(F)c(F)c(-c2cn(OB(On3cc(-c4c(F)c(F)c(F)c(F)c4F)nc3-c3c(F)c(F)c(F)c(F)c3F)On3cc(-c4c(F)c(F)c(F)c(F)c4F)nc3-c3c(F)c(F)c(F)c(F)c3F)c(-c3c(F)c(F)c(F)c(F)c3F)n2)c(F)c1F. The van der Waals surface area contributed by atoms with Crippen LogP contribution in [0.15, 0.2) is 18.6 Å². The molecule has 0 N–H and O–H groups in total. The first-order chi connectivity index (χ1) is 39.7. The van der Waals surface area contributed by atoms with E-state index >= 15 is 52.7 Å². The summed E-state index contributed by atoms with van der Waals surface area (Å²) in [5.41, 5.74) is -21.5. The summed E-state index contributed by atoms with van der Waals surface area (Å²) in [5.74, 6) is -99.1. The summed E-state index contributed by atoms with van der Waals surface area (Å²) in [5, 5.41) is 0. The predicted molar refractivity (Wildman–Crippen MR) is 214 cm³/mol. The summed E-state index contributed by atoms with van der Waals surface area (Å²) in [6.07, 6.45) is -1.61. The molecule has 0 amide bonds. The molecule has 0 radical (unpaired) electrons. The van der Waals surface area contributed by atoms with Gasteiger partial charge < -0.3 is 14.3 Å². The lowest BCUT2D eigenvalue weighted by Gasteiger charge is -2.20. The summed E-state index contributed by atoms with van der Waals surface area (Å²) in [6.45, 7) is 0. The van der Waals surface area contributed by atoms with Crippen LogP contribution in [0, 0.1) is 175 Å². The van der Waals surface area contributed by atoms with Crippen molar-refractivity contribution in [2.45, 2.75) is 0 Å². The molecule has 9 rings (SSSR count). The Morgan fingerprint density at radius 1 is 0.200 bits per heavy atom. The van der Waals surface area contributed by atoms with E-state index in [9.17, 15) is 79.0 Å². The largest absolute Gasteiger partial charge is 0.926 e. The molecule has 0 saturated heterocycles. The fourth-order valence-corrected chi connectivity index (χ4v) is 7.42. The van der Waals surface area contributed by atoms with Crippen LogP contribution in [-0.4, -0.2) is 36.5 Å². The summed E-state index contributed by atoms with van der Waals surface area (Å²) < 4.78 is 460. The minimum Gasteiger partial charge on any atom is -0.394 e. The molecule has 0 fully saturated rings. The van der Waals surface area contributed by atoms with Crippen molar-refractivity contribution in [1.82, 2.24) is 29.1 Å². The summed E-state index contributed by atoms with van der Waals surface area (Å²) in [4.78, 5) is 9.00. The number of benzene rings is 6. The van der Waals surface area contributed by atoms with E-state index < -0.39 is 283 Å². The van der Waals surface area contributed by atoms with E-state index in [0.717, 1.165) is 0 Å². The van der Waals surface area contributed by atoms with Gasteiger partial charge in [0.1, 0.15) is 0 Å². The van der Waals surface area contributed by atoms with E-state index in [4.69, 9.17) is 14.3 Å².